The molecule has 0 bridgehead atoms. The number of para-hydroxylation sites is 1. The topological polar surface area (TPSA) is 81.1 Å². The number of sulfone groups is 1. The fourth-order valence-corrected chi connectivity index (χ4v) is 5.68. The molecule has 7 heteroatoms. The van der Waals surface area contributed by atoms with Crippen molar-refractivity contribution in [2.24, 2.45) is 5.92 Å². The van der Waals surface area contributed by atoms with Crippen LogP contribution in [0.15, 0.2) is 24.3 Å². The van der Waals surface area contributed by atoms with E-state index >= 15 is 0 Å². The minimum Gasteiger partial charge on any atom is -0.310 e. The van der Waals surface area contributed by atoms with Gasteiger partial charge < -0.3 is 5.32 Å². The highest BCUT2D eigenvalue weighted by Crippen LogP contribution is 2.34. The van der Waals surface area contributed by atoms with Gasteiger partial charge in [-0.3, -0.25) is 4.79 Å². The zero-order valence-electron chi connectivity index (χ0n) is 15.6. The Morgan fingerprint density at radius 2 is 1.93 bits per heavy atom. The molecule has 1 fully saturated rings. The Kier molecular flexibility index (Phi) is 4.80. The van der Waals surface area contributed by atoms with E-state index in [1.165, 1.54) is 19.3 Å². The molecule has 144 valence electrons. The van der Waals surface area contributed by atoms with E-state index in [0.29, 0.717) is 29.4 Å². The number of hydrogen-bond donors (Lipinski definition) is 1. The largest absolute Gasteiger partial charge is 0.310 e. The quantitative estimate of drug-likeness (QED) is 0.870. The van der Waals surface area contributed by atoms with Crippen LogP contribution in [0.2, 0.25) is 0 Å². The van der Waals surface area contributed by atoms with Gasteiger partial charge in [0.25, 0.3) is 0 Å². The number of nitrogens with zero attached hydrogens (tertiary/aromatic N) is 2. The van der Waals surface area contributed by atoms with Crippen LogP contribution in [0.1, 0.15) is 55.3 Å². The van der Waals surface area contributed by atoms with Crippen molar-refractivity contribution in [2.75, 3.05) is 5.32 Å². The second kappa shape index (κ2) is 7.11. The number of hydrogen-bond acceptors (Lipinski definition) is 4. The van der Waals surface area contributed by atoms with E-state index in [-0.39, 0.29) is 17.4 Å². The van der Waals surface area contributed by atoms with Crippen molar-refractivity contribution < 1.29 is 13.2 Å². The number of carbonyl (C=O) groups excluding carboxylic acids is 1. The second-order valence-corrected chi connectivity index (χ2v) is 9.83. The average Bonchev–Trinajstić information content (AvgIpc) is 3.09. The van der Waals surface area contributed by atoms with Gasteiger partial charge >= 0.3 is 0 Å². The Hall–Kier alpha value is -2.15. The van der Waals surface area contributed by atoms with Crippen LogP contribution in [0.3, 0.4) is 0 Å². The molecule has 1 N–H and O–H groups in total. The second-order valence-electron chi connectivity index (χ2n) is 7.76. The van der Waals surface area contributed by atoms with Crippen LogP contribution < -0.4 is 5.32 Å². The molecule has 0 radical (unpaired) electrons. The van der Waals surface area contributed by atoms with Gasteiger partial charge in [0.05, 0.1) is 22.9 Å². The molecular formula is C20H25N3O3S. The molecule has 1 amide bonds. The monoisotopic (exact) mass is 387 g/mol. The van der Waals surface area contributed by atoms with Gasteiger partial charge in [0.1, 0.15) is 5.82 Å². The SMILES string of the molecule is Cc1ccccc1-n1nc2c(c1NC(=O)CC1CCCCC1)CS(=O)(=O)C2. The molecule has 1 saturated carbocycles. The number of nitrogens with one attached hydrogen (secondary N) is 1. The van der Waals surface area contributed by atoms with Gasteiger partial charge in [-0.1, -0.05) is 37.5 Å². The Morgan fingerprint density at radius 1 is 1.19 bits per heavy atom. The maximum atomic E-state index is 12.7. The highest BCUT2D eigenvalue weighted by atomic mass is 32.2. The first-order valence-corrected chi connectivity index (χ1v) is 11.4. The number of rotatable bonds is 4. The number of carbonyl (C=O) groups is 1. The van der Waals surface area contributed by atoms with Crippen molar-refractivity contribution in [1.82, 2.24) is 9.78 Å². The zero-order valence-corrected chi connectivity index (χ0v) is 16.4. The maximum Gasteiger partial charge on any atom is 0.225 e. The third-order valence-corrected chi connectivity index (χ3v) is 7.03. The molecule has 1 aromatic carbocycles. The maximum absolute atomic E-state index is 12.7. The van der Waals surface area contributed by atoms with Crippen molar-refractivity contribution in [3.8, 4) is 5.69 Å². The van der Waals surface area contributed by atoms with E-state index in [1.807, 2.05) is 31.2 Å². The predicted molar refractivity (Wildman–Crippen MR) is 104 cm³/mol. The molecular weight excluding hydrogens is 362 g/mol. The summed E-state index contributed by atoms with van der Waals surface area (Å²) in [6.07, 6.45) is 6.30. The number of benzene rings is 1. The first-order chi connectivity index (χ1) is 12.9. The molecule has 0 spiro atoms. The van der Waals surface area contributed by atoms with Crippen molar-refractivity contribution in [1.29, 1.82) is 0 Å². The molecule has 1 aliphatic carbocycles. The van der Waals surface area contributed by atoms with Crippen LogP contribution in [-0.2, 0) is 26.1 Å². The average molecular weight is 388 g/mol. The summed E-state index contributed by atoms with van der Waals surface area (Å²) >= 11 is 0. The molecule has 2 heterocycles. The molecule has 4 rings (SSSR count). The van der Waals surface area contributed by atoms with E-state index in [2.05, 4.69) is 10.4 Å². The molecule has 6 nitrogen and oxygen atoms in total. The molecule has 0 saturated heterocycles. The summed E-state index contributed by atoms with van der Waals surface area (Å²) < 4.78 is 25.8. The van der Waals surface area contributed by atoms with Crippen LogP contribution in [0.25, 0.3) is 5.69 Å². The lowest BCUT2D eigenvalue weighted by molar-refractivity contribution is -0.117. The Bertz CT molecular complexity index is 972. The van der Waals surface area contributed by atoms with E-state index in [0.717, 1.165) is 24.1 Å². The third kappa shape index (κ3) is 3.78. The van der Waals surface area contributed by atoms with Crippen molar-refractivity contribution in [2.45, 2.75) is 57.0 Å². The fourth-order valence-electron chi connectivity index (χ4n) is 4.18. The van der Waals surface area contributed by atoms with Gasteiger partial charge in [-0.25, -0.2) is 13.1 Å². The lowest BCUT2D eigenvalue weighted by Gasteiger charge is -2.21. The predicted octanol–water partition coefficient (Wildman–Crippen LogP) is 3.52. The number of aromatic nitrogens is 2. The molecule has 0 atom stereocenters. The van der Waals surface area contributed by atoms with Gasteiger partial charge in [-0.15, -0.1) is 0 Å². The van der Waals surface area contributed by atoms with Crippen LogP contribution in [0.5, 0.6) is 0 Å². The lowest BCUT2D eigenvalue weighted by Crippen LogP contribution is -2.21. The third-order valence-electron chi connectivity index (χ3n) is 5.59. The lowest BCUT2D eigenvalue weighted by atomic mass is 9.87. The normalized spacial score (nSPS) is 19.0. The van der Waals surface area contributed by atoms with Gasteiger partial charge in [0.2, 0.25) is 5.91 Å². The summed E-state index contributed by atoms with van der Waals surface area (Å²) in [5.41, 5.74) is 3.06. The minimum atomic E-state index is -3.18. The number of anilines is 1. The van der Waals surface area contributed by atoms with Gasteiger partial charge in [0, 0.05) is 12.0 Å². The molecule has 1 aromatic heterocycles. The van der Waals surface area contributed by atoms with E-state index in [9.17, 15) is 13.2 Å². The van der Waals surface area contributed by atoms with Crippen molar-refractivity contribution in [3.05, 3.63) is 41.1 Å². The van der Waals surface area contributed by atoms with E-state index < -0.39 is 9.84 Å². The van der Waals surface area contributed by atoms with Crippen molar-refractivity contribution in [3.63, 3.8) is 0 Å². The summed E-state index contributed by atoms with van der Waals surface area (Å²) in [4.78, 5) is 12.7. The summed E-state index contributed by atoms with van der Waals surface area (Å²) in [6.45, 7) is 1.98. The van der Waals surface area contributed by atoms with Gasteiger partial charge in [-0.2, -0.15) is 5.10 Å². The van der Waals surface area contributed by atoms with Gasteiger partial charge in [0.15, 0.2) is 9.84 Å². The summed E-state index contributed by atoms with van der Waals surface area (Å²) in [6, 6.07) is 7.77. The Balaban J connectivity index is 1.66. The zero-order chi connectivity index (χ0) is 19.0. The van der Waals surface area contributed by atoms with Gasteiger partial charge in [-0.05, 0) is 37.3 Å². The van der Waals surface area contributed by atoms with Crippen LogP contribution >= 0.6 is 0 Å². The van der Waals surface area contributed by atoms with E-state index in [4.69, 9.17) is 0 Å². The first-order valence-electron chi connectivity index (χ1n) is 9.60. The molecule has 27 heavy (non-hydrogen) atoms. The summed E-state index contributed by atoms with van der Waals surface area (Å²) in [5, 5.41) is 7.54. The minimum absolute atomic E-state index is 0.0521. The van der Waals surface area contributed by atoms with Crippen molar-refractivity contribution >= 4 is 21.6 Å². The number of aryl methyl sites for hydroxylation is 1. The molecule has 2 aromatic rings. The van der Waals surface area contributed by atoms with Crippen LogP contribution in [-0.4, -0.2) is 24.1 Å². The number of fused-ring (bicyclic) bond motifs is 1. The Labute approximate surface area is 159 Å². The number of amides is 1. The fraction of sp³-hybridized carbons (Fsp3) is 0.500. The highest BCUT2D eigenvalue weighted by Gasteiger charge is 2.33. The van der Waals surface area contributed by atoms with Crippen LogP contribution in [0, 0.1) is 12.8 Å². The molecule has 2 aliphatic rings. The highest BCUT2D eigenvalue weighted by molar-refractivity contribution is 7.90. The molecule has 0 unspecified atom stereocenters. The standard InChI is InChI=1S/C20H25N3O3S/c1-14-7-5-6-10-18(14)23-20(16-12-27(25,26)13-17(16)22-23)21-19(24)11-15-8-3-2-4-9-15/h5-7,10,15H,2-4,8-9,11-13H2,1H3,(H,21,24). The summed E-state index contributed by atoms with van der Waals surface area (Å²) in [7, 11) is -3.18. The summed E-state index contributed by atoms with van der Waals surface area (Å²) in [5.74, 6) is 0.759. The van der Waals surface area contributed by atoms with Crippen LogP contribution in [0.4, 0.5) is 5.82 Å². The Morgan fingerprint density at radius 3 is 2.67 bits per heavy atom. The smallest absolute Gasteiger partial charge is 0.225 e. The van der Waals surface area contributed by atoms with E-state index in [1.54, 1.807) is 4.68 Å². The molecule has 1 aliphatic heterocycles. The first kappa shape index (κ1) is 18.2.